The summed E-state index contributed by atoms with van der Waals surface area (Å²) in [7, 11) is 0. The third-order valence-corrected chi connectivity index (χ3v) is 8.23. The zero-order valence-corrected chi connectivity index (χ0v) is 25.3. The Morgan fingerprint density at radius 2 is 1.91 bits per heavy atom. The molecule has 3 N–H and O–H groups in total. The predicted molar refractivity (Wildman–Crippen MR) is 165 cm³/mol. The fourth-order valence-electron chi connectivity index (χ4n) is 5.84. The SMILES string of the molecule is C=CCn1c(=O)c2cnc(NC3CCN(C(=O)CCOCCNC4CCCC4)CC3)nc2n1-c1cccc(C(C)(C)O)n1. The number of anilines is 1. The van der Waals surface area contributed by atoms with Gasteiger partial charge in [-0.05, 0) is 51.7 Å². The van der Waals surface area contributed by atoms with Crippen molar-refractivity contribution < 1.29 is 14.6 Å². The van der Waals surface area contributed by atoms with Crippen LogP contribution in [0.5, 0.6) is 0 Å². The maximum atomic E-state index is 13.2. The third kappa shape index (κ3) is 7.49. The van der Waals surface area contributed by atoms with Gasteiger partial charge in [0.15, 0.2) is 11.5 Å². The van der Waals surface area contributed by atoms with Crippen molar-refractivity contribution in [2.45, 2.75) is 83.0 Å². The largest absolute Gasteiger partial charge is 0.384 e. The van der Waals surface area contributed by atoms with Gasteiger partial charge in [-0.3, -0.25) is 9.59 Å². The Bertz CT molecular complexity index is 1460. The summed E-state index contributed by atoms with van der Waals surface area (Å²) in [6.07, 6.45) is 10.2. The van der Waals surface area contributed by atoms with Crippen LogP contribution in [0, 0.1) is 0 Å². The zero-order chi connectivity index (χ0) is 30.4. The smallest absolute Gasteiger partial charge is 0.278 e. The molecule has 1 saturated heterocycles. The number of ether oxygens (including phenoxy) is 1. The number of aliphatic hydroxyl groups is 1. The maximum absolute atomic E-state index is 13.2. The first-order valence-corrected chi connectivity index (χ1v) is 15.4. The molecule has 0 unspecified atom stereocenters. The number of pyridine rings is 1. The molecule has 1 saturated carbocycles. The summed E-state index contributed by atoms with van der Waals surface area (Å²) in [5, 5.41) is 17.8. The number of likely N-dealkylation sites (tertiary alicyclic amines) is 1. The molecule has 0 bridgehead atoms. The van der Waals surface area contributed by atoms with Crippen LogP contribution in [0.25, 0.3) is 16.9 Å². The normalized spacial score (nSPS) is 16.7. The van der Waals surface area contributed by atoms with Gasteiger partial charge < -0.3 is 25.4 Å². The maximum Gasteiger partial charge on any atom is 0.278 e. The van der Waals surface area contributed by atoms with Gasteiger partial charge in [0.05, 0.1) is 31.9 Å². The van der Waals surface area contributed by atoms with Crippen molar-refractivity contribution >= 4 is 22.9 Å². The highest BCUT2D eigenvalue weighted by Crippen LogP contribution is 2.22. The van der Waals surface area contributed by atoms with E-state index in [9.17, 15) is 14.7 Å². The lowest BCUT2D eigenvalue weighted by Crippen LogP contribution is -2.42. The standard InChI is InChI=1S/C31H44N8O4/c1-4-16-38-29(41)24-21-33-30(36-28(24)39(38)26-11-7-10-25(35-26)31(2,3)42)34-23-12-17-37(18-13-23)27(40)14-19-43-20-15-32-22-8-5-6-9-22/h4,7,10-11,21-23,32,42H,1,5-6,8-9,12-20H2,2-3H3,(H,33,34,36). The van der Waals surface area contributed by atoms with Crippen LogP contribution >= 0.6 is 0 Å². The first-order chi connectivity index (χ1) is 20.7. The summed E-state index contributed by atoms with van der Waals surface area (Å²) in [6.45, 7) is 10.6. The Morgan fingerprint density at radius 3 is 2.63 bits per heavy atom. The molecular formula is C31H44N8O4. The molecule has 5 rings (SSSR count). The van der Waals surface area contributed by atoms with Gasteiger partial charge in [-0.1, -0.05) is 25.0 Å². The summed E-state index contributed by atoms with van der Waals surface area (Å²) in [4.78, 5) is 41.7. The van der Waals surface area contributed by atoms with E-state index in [4.69, 9.17) is 9.72 Å². The Kier molecular flexibility index (Phi) is 9.89. The number of aromatic nitrogens is 5. The minimum atomic E-state index is -1.15. The number of hydrogen-bond donors (Lipinski definition) is 3. The number of hydrogen-bond acceptors (Lipinski definition) is 9. The Balaban J connectivity index is 1.19. The lowest BCUT2D eigenvalue weighted by Gasteiger charge is -2.32. The van der Waals surface area contributed by atoms with Crippen LogP contribution in [0.2, 0.25) is 0 Å². The summed E-state index contributed by atoms with van der Waals surface area (Å²) in [6, 6.07) is 6.02. The minimum absolute atomic E-state index is 0.0893. The van der Waals surface area contributed by atoms with Crippen molar-refractivity contribution in [2.24, 2.45) is 0 Å². The number of piperidine rings is 1. The van der Waals surface area contributed by atoms with Gasteiger partial charge in [-0.25, -0.2) is 19.3 Å². The van der Waals surface area contributed by atoms with Crippen LogP contribution in [0.1, 0.15) is 64.5 Å². The molecule has 0 aromatic carbocycles. The molecule has 3 aromatic heterocycles. The fraction of sp³-hybridized carbons (Fsp3) is 0.581. The van der Waals surface area contributed by atoms with Crippen molar-refractivity contribution in [1.82, 2.24) is 34.5 Å². The van der Waals surface area contributed by atoms with E-state index in [1.807, 2.05) is 4.90 Å². The molecule has 2 fully saturated rings. The molecule has 43 heavy (non-hydrogen) atoms. The predicted octanol–water partition coefficient (Wildman–Crippen LogP) is 2.73. The van der Waals surface area contributed by atoms with Crippen molar-refractivity contribution in [3.8, 4) is 5.82 Å². The molecule has 3 aromatic rings. The Morgan fingerprint density at radius 1 is 1.14 bits per heavy atom. The lowest BCUT2D eigenvalue weighted by atomic mass is 10.0. The quantitative estimate of drug-likeness (QED) is 0.202. The number of nitrogens with zero attached hydrogens (tertiary/aromatic N) is 6. The average molecular weight is 593 g/mol. The van der Waals surface area contributed by atoms with Crippen molar-refractivity contribution in [1.29, 1.82) is 0 Å². The molecule has 4 heterocycles. The second-order valence-corrected chi connectivity index (χ2v) is 12.0. The molecule has 0 atom stereocenters. The zero-order valence-electron chi connectivity index (χ0n) is 25.3. The third-order valence-electron chi connectivity index (χ3n) is 8.23. The Labute approximate surface area is 252 Å². The molecule has 232 valence electrons. The molecule has 2 aliphatic rings. The van der Waals surface area contributed by atoms with E-state index in [1.165, 1.54) is 36.6 Å². The summed E-state index contributed by atoms with van der Waals surface area (Å²) in [5.41, 5.74) is -0.519. The van der Waals surface area contributed by atoms with Crippen LogP contribution in [-0.2, 0) is 21.7 Å². The lowest BCUT2D eigenvalue weighted by molar-refractivity contribution is -0.133. The van der Waals surface area contributed by atoms with Gasteiger partial charge in [0, 0.05) is 37.9 Å². The number of fused-ring (bicyclic) bond motifs is 1. The summed E-state index contributed by atoms with van der Waals surface area (Å²) >= 11 is 0. The van der Waals surface area contributed by atoms with Crippen LogP contribution < -0.4 is 16.2 Å². The Hall–Kier alpha value is -3.61. The minimum Gasteiger partial charge on any atom is -0.384 e. The number of nitrogens with one attached hydrogen (secondary N) is 2. The highest BCUT2D eigenvalue weighted by molar-refractivity contribution is 5.77. The average Bonchev–Trinajstić information content (AvgIpc) is 3.61. The fourth-order valence-corrected chi connectivity index (χ4v) is 5.84. The van der Waals surface area contributed by atoms with Crippen LogP contribution in [0.3, 0.4) is 0 Å². The van der Waals surface area contributed by atoms with E-state index < -0.39 is 5.60 Å². The first kappa shape index (κ1) is 30.8. The molecule has 12 nitrogen and oxygen atoms in total. The van der Waals surface area contributed by atoms with E-state index in [0.717, 1.165) is 19.4 Å². The molecule has 1 amide bonds. The summed E-state index contributed by atoms with van der Waals surface area (Å²) < 4.78 is 8.85. The number of carbonyl (C=O) groups is 1. The molecular weight excluding hydrogens is 548 g/mol. The molecule has 0 radical (unpaired) electrons. The second-order valence-electron chi connectivity index (χ2n) is 12.0. The van der Waals surface area contributed by atoms with E-state index in [0.29, 0.717) is 67.3 Å². The molecule has 1 aliphatic heterocycles. The number of carbonyl (C=O) groups excluding carboxylic acids is 1. The van der Waals surface area contributed by atoms with Crippen LogP contribution in [-0.4, -0.2) is 85.2 Å². The van der Waals surface area contributed by atoms with Gasteiger partial charge in [0.25, 0.3) is 5.56 Å². The highest BCUT2D eigenvalue weighted by atomic mass is 16.5. The number of allylic oxidation sites excluding steroid dienone is 1. The monoisotopic (exact) mass is 592 g/mol. The van der Waals surface area contributed by atoms with Gasteiger partial charge in [-0.15, -0.1) is 6.58 Å². The highest BCUT2D eigenvalue weighted by Gasteiger charge is 2.25. The summed E-state index contributed by atoms with van der Waals surface area (Å²) in [5.74, 6) is 0.979. The first-order valence-electron chi connectivity index (χ1n) is 15.4. The van der Waals surface area contributed by atoms with Crippen LogP contribution in [0.4, 0.5) is 5.95 Å². The van der Waals surface area contributed by atoms with E-state index in [-0.39, 0.29) is 24.1 Å². The molecule has 12 heteroatoms. The topological polar surface area (TPSA) is 139 Å². The van der Waals surface area contributed by atoms with E-state index in [1.54, 1.807) is 42.8 Å². The van der Waals surface area contributed by atoms with Crippen molar-refractivity contribution in [3.05, 3.63) is 53.1 Å². The number of amides is 1. The van der Waals surface area contributed by atoms with E-state index in [2.05, 4.69) is 27.2 Å². The van der Waals surface area contributed by atoms with Gasteiger partial charge in [0.2, 0.25) is 11.9 Å². The number of rotatable bonds is 13. The van der Waals surface area contributed by atoms with E-state index >= 15 is 0 Å². The second kappa shape index (κ2) is 13.8. The molecule has 0 spiro atoms. The van der Waals surface area contributed by atoms with Crippen molar-refractivity contribution in [3.63, 3.8) is 0 Å². The van der Waals surface area contributed by atoms with Gasteiger partial charge in [-0.2, -0.15) is 4.98 Å². The van der Waals surface area contributed by atoms with Gasteiger partial charge >= 0.3 is 0 Å². The molecule has 1 aliphatic carbocycles. The van der Waals surface area contributed by atoms with Gasteiger partial charge in [0.1, 0.15) is 11.0 Å². The van der Waals surface area contributed by atoms with Crippen LogP contribution in [0.15, 0.2) is 41.8 Å². The van der Waals surface area contributed by atoms with Crippen molar-refractivity contribution in [2.75, 3.05) is 38.2 Å².